The smallest absolute Gasteiger partial charge is 0.219 e. The van der Waals surface area contributed by atoms with Crippen LogP contribution in [0.5, 0.6) is 5.88 Å². The maximum absolute atomic E-state index is 5.68. The first-order chi connectivity index (χ1) is 5.65. The molecule has 0 bridgehead atoms. The van der Waals surface area contributed by atoms with Gasteiger partial charge in [-0.1, -0.05) is 11.6 Å². The second-order valence-corrected chi connectivity index (χ2v) is 2.91. The molecule has 0 amide bonds. The lowest BCUT2D eigenvalue weighted by Crippen LogP contribution is -2.07. The first kappa shape index (κ1) is 12.5. The van der Waals surface area contributed by atoms with Crippen LogP contribution < -0.4 is 10.5 Å². The zero-order chi connectivity index (χ0) is 9.14. The largest absolute Gasteiger partial charge is 0.481 e. The predicted molar refractivity (Wildman–Crippen MR) is 55.6 cm³/mol. The number of methoxy groups -OCH3 is 1. The molecule has 0 fully saturated rings. The number of ether oxygens (including phenoxy) is 1. The highest BCUT2D eigenvalue weighted by molar-refractivity contribution is 6.29. The maximum Gasteiger partial charge on any atom is 0.219 e. The van der Waals surface area contributed by atoms with Gasteiger partial charge in [-0.3, -0.25) is 0 Å². The average Bonchev–Trinajstić information content (AvgIpc) is 2.03. The second-order valence-electron chi connectivity index (χ2n) is 2.52. The zero-order valence-corrected chi connectivity index (χ0v) is 9.02. The molecular formula is C8H12Cl2N2O. The summed E-state index contributed by atoms with van der Waals surface area (Å²) in [6, 6.07) is 3.42. The summed E-state index contributed by atoms with van der Waals surface area (Å²) in [5.74, 6) is 0.498. The molecule has 2 N–H and O–H groups in total. The first-order valence-electron chi connectivity index (χ1n) is 3.61. The van der Waals surface area contributed by atoms with Crippen molar-refractivity contribution in [3.63, 3.8) is 0 Å². The van der Waals surface area contributed by atoms with E-state index < -0.39 is 0 Å². The molecule has 1 aromatic rings. The summed E-state index contributed by atoms with van der Waals surface area (Å²) >= 11 is 5.67. The van der Waals surface area contributed by atoms with E-state index in [4.69, 9.17) is 22.1 Å². The highest BCUT2D eigenvalue weighted by Crippen LogP contribution is 2.22. The quantitative estimate of drug-likeness (QED) is 0.781. The number of hydrogen-bond acceptors (Lipinski definition) is 3. The minimum atomic E-state index is -0.0929. The summed E-state index contributed by atoms with van der Waals surface area (Å²) in [6.07, 6.45) is 0. The van der Waals surface area contributed by atoms with Crippen LogP contribution in [0.2, 0.25) is 5.15 Å². The van der Waals surface area contributed by atoms with Gasteiger partial charge in [0.1, 0.15) is 5.15 Å². The van der Waals surface area contributed by atoms with Crippen molar-refractivity contribution in [3.05, 3.63) is 22.8 Å². The lowest BCUT2D eigenvalue weighted by molar-refractivity contribution is 0.390. The number of halogens is 2. The molecule has 1 heterocycles. The third kappa shape index (κ3) is 3.03. The Morgan fingerprint density at radius 1 is 1.54 bits per heavy atom. The standard InChI is InChI=1S/C8H11ClN2O.ClH/c1-5(10)6-3-4-7(9)11-8(6)12-2;/h3-5H,10H2,1-2H3;1H/t5-;/m0./s1. The van der Waals surface area contributed by atoms with E-state index in [0.717, 1.165) is 5.56 Å². The summed E-state index contributed by atoms with van der Waals surface area (Å²) in [5, 5.41) is 0.413. The minimum Gasteiger partial charge on any atom is -0.481 e. The van der Waals surface area contributed by atoms with Crippen LogP contribution >= 0.6 is 24.0 Å². The molecule has 0 aliphatic carbocycles. The van der Waals surface area contributed by atoms with Gasteiger partial charge in [0.2, 0.25) is 5.88 Å². The number of nitrogens with zero attached hydrogens (tertiary/aromatic N) is 1. The van der Waals surface area contributed by atoms with Crippen LogP contribution in [-0.2, 0) is 0 Å². The third-order valence-electron chi connectivity index (χ3n) is 1.54. The Balaban J connectivity index is 0.00000144. The molecule has 1 atom stereocenters. The summed E-state index contributed by atoms with van der Waals surface area (Å²) in [6.45, 7) is 1.87. The Morgan fingerprint density at radius 3 is 2.62 bits per heavy atom. The van der Waals surface area contributed by atoms with Crippen molar-refractivity contribution in [1.82, 2.24) is 4.98 Å². The van der Waals surface area contributed by atoms with Gasteiger partial charge < -0.3 is 10.5 Å². The van der Waals surface area contributed by atoms with E-state index in [0.29, 0.717) is 11.0 Å². The van der Waals surface area contributed by atoms with Crippen LogP contribution in [0.25, 0.3) is 0 Å². The maximum atomic E-state index is 5.68. The van der Waals surface area contributed by atoms with E-state index in [9.17, 15) is 0 Å². The third-order valence-corrected chi connectivity index (χ3v) is 1.75. The second kappa shape index (κ2) is 5.27. The molecule has 0 aliphatic heterocycles. The van der Waals surface area contributed by atoms with Crippen molar-refractivity contribution in [2.75, 3.05) is 7.11 Å². The highest BCUT2D eigenvalue weighted by atomic mass is 35.5. The molecule has 0 radical (unpaired) electrons. The number of aromatic nitrogens is 1. The molecule has 3 nitrogen and oxygen atoms in total. The number of hydrogen-bond donors (Lipinski definition) is 1. The summed E-state index contributed by atoms with van der Waals surface area (Å²) < 4.78 is 5.01. The van der Waals surface area contributed by atoms with Crippen molar-refractivity contribution in [3.8, 4) is 5.88 Å². The number of nitrogens with two attached hydrogens (primary N) is 1. The summed E-state index contributed by atoms with van der Waals surface area (Å²) in [4.78, 5) is 3.98. The Morgan fingerprint density at radius 2 is 2.15 bits per heavy atom. The van der Waals surface area contributed by atoms with Gasteiger partial charge in [-0.25, -0.2) is 4.98 Å². The number of pyridine rings is 1. The minimum absolute atomic E-state index is 0. The molecule has 0 spiro atoms. The van der Waals surface area contributed by atoms with Crippen molar-refractivity contribution < 1.29 is 4.74 Å². The van der Waals surface area contributed by atoms with E-state index in [-0.39, 0.29) is 18.4 Å². The fourth-order valence-corrected chi connectivity index (χ4v) is 1.08. The lowest BCUT2D eigenvalue weighted by Gasteiger charge is -2.09. The van der Waals surface area contributed by atoms with Gasteiger partial charge in [-0.15, -0.1) is 12.4 Å². The molecule has 13 heavy (non-hydrogen) atoms. The van der Waals surface area contributed by atoms with Gasteiger partial charge in [-0.2, -0.15) is 0 Å². The van der Waals surface area contributed by atoms with Gasteiger partial charge in [0.15, 0.2) is 0 Å². The molecule has 1 rings (SSSR count). The van der Waals surface area contributed by atoms with E-state index in [2.05, 4.69) is 4.98 Å². The Kier molecular flexibility index (Phi) is 5.06. The Bertz CT molecular complexity index is 279. The Hall–Kier alpha value is -0.510. The normalized spacial score (nSPS) is 11.7. The van der Waals surface area contributed by atoms with E-state index in [1.54, 1.807) is 13.2 Å². The summed E-state index contributed by atoms with van der Waals surface area (Å²) in [5.41, 5.74) is 6.54. The van der Waals surface area contributed by atoms with Crippen LogP contribution in [0.15, 0.2) is 12.1 Å². The van der Waals surface area contributed by atoms with Gasteiger partial charge in [0.25, 0.3) is 0 Å². The Labute approximate surface area is 88.7 Å². The SMILES string of the molecule is COc1nc(Cl)ccc1[C@H](C)N.Cl. The zero-order valence-electron chi connectivity index (χ0n) is 7.45. The molecule has 0 aliphatic rings. The monoisotopic (exact) mass is 222 g/mol. The lowest BCUT2D eigenvalue weighted by atomic mass is 10.1. The van der Waals surface area contributed by atoms with Crippen molar-refractivity contribution in [2.45, 2.75) is 13.0 Å². The van der Waals surface area contributed by atoms with Crippen molar-refractivity contribution in [2.24, 2.45) is 5.73 Å². The van der Waals surface area contributed by atoms with Gasteiger partial charge in [0.05, 0.1) is 7.11 Å². The van der Waals surface area contributed by atoms with Crippen molar-refractivity contribution in [1.29, 1.82) is 0 Å². The van der Waals surface area contributed by atoms with Gasteiger partial charge in [-0.05, 0) is 19.1 Å². The average molecular weight is 223 g/mol. The van der Waals surface area contributed by atoms with Crippen LogP contribution in [0.4, 0.5) is 0 Å². The van der Waals surface area contributed by atoms with E-state index >= 15 is 0 Å². The van der Waals surface area contributed by atoms with E-state index in [1.807, 2.05) is 13.0 Å². The molecule has 5 heteroatoms. The molecule has 0 aromatic carbocycles. The van der Waals surface area contributed by atoms with Crippen LogP contribution in [0, 0.1) is 0 Å². The topological polar surface area (TPSA) is 48.1 Å². The molecule has 0 saturated carbocycles. The fourth-order valence-electron chi connectivity index (χ4n) is 0.939. The molecule has 74 valence electrons. The van der Waals surface area contributed by atoms with Crippen LogP contribution in [0.3, 0.4) is 0 Å². The fraction of sp³-hybridized carbons (Fsp3) is 0.375. The van der Waals surface area contributed by atoms with Crippen LogP contribution in [-0.4, -0.2) is 12.1 Å². The van der Waals surface area contributed by atoms with Gasteiger partial charge >= 0.3 is 0 Å². The summed E-state index contributed by atoms with van der Waals surface area (Å²) in [7, 11) is 1.55. The molecule has 0 unspecified atom stereocenters. The van der Waals surface area contributed by atoms with Crippen LogP contribution in [0.1, 0.15) is 18.5 Å². The molecule has 0 saturated heterocycles. The van der Waals surface area contributed by atoms with Gasteiger partial charge in [0, 0.05) is 11.6 Å². The molecule has 1 aromatic heterocycles. The number of rotatable bonds is 2. The molecular weight excluding hydrogens is 211 g/mol. The first-order valence-corrected chi connectivity index (χ1v) is 3.99. The predicted octanol–water partition coefficient (Wildman–Crippen LogP) is 2.19. The highest BCUT2D eigenvalue weighted by Gasteiger charge is 2.08. The van der Waals surface area contributed by atoms with Crippen molar-refractivity contribution >= 4 is 24.0 Å². The van der Waals surface area contributed by atoms with E-state index in [1.165, 1.54) is 0 Å².